The lowest BCUT2D eigenvalue weighted by Gasteiger charge is -2.39. The van der Waals surface area contributed by atoms with Crippen LogP contribution in [0.15, 0.2) is 18.2 Å². The molecule has 2 aliphatic rings. The van der Waals surface area contributed by atoms with Crippen molar-refractivity contribution in [1.29, 1.82) is 0 Å². The minimum atomic E-state index is -0.506. The van der Waals surface area contributed by atoms with Crippen molar-refractivity contribution in [2.45, 2.75) is 31.9 Å². The zero-order chi connectivity index (χ0) is 13.4. The summed E-state index contributed by atoms with van der Waals surface area (Å²) in [5, 5.41) is 10.3. The number of hydrogen-bond acceptors (Lipinski definition) is 3. The molecule has 2 fully saturated rings. The van der Waals surface area contributed by atoms with Crippen molar-refractivity contribution >= 4 is 17.3 Å². The van der Waals surface area contributed by atoms with Crippen molar-refractivity contribution in [2.75, 3.05) is 31.1 Å². The topological polar surface area (TPSA) is 26.7 Å². The van der Waals surface area contributed by atoms with Gasteiger partial charge in [0.05, 0.1) is 6.10 Å². The standard InChI is InChI=1S/C15H21ClN2O/c1-11(19)14-5-4-12(9-15(14)16)18-8-7-17-6-2-3-13(17)10-18/h4-5,9,11,13,19H,2-3,6-8,10H2,1H3. The number of aliphatic hydroxyl groups excluding tert-OH is 1. The summed E-state index contributed by atoms with van der Waals surface area (Å²) in [6, 6.07) is 6.74. The van der Waals surface area contributed by atoms with Gasteiger partial charge in [-0.05, 0) is 44.0 Å². The maximum absolute atomic E-state index is 9.62. The molecule has 104 valence electrons. The van der Waals surface area contributed by atoms with Crippen LogP contribution >= 0.6 is 11.6 Å². The number of piperazine rings is 1. The largest absolute Gasteiger partial charge is 0.389 e. The molecular formula is C15H21ClN2O. The van der Waals surface area contributed by atoms with Crippen molar-refractivity contribution in [2.24, 2.45) is 0 Å². The summed E-state index contributed by atoms with van der Waals surface area (Å²) in [5.74, 6) is 0. The molecule has 3 rings (SSSR count). The number of fused-ring (bicyclic) bond motifs is 1. The van der Waals surface area contributed by atoms with Crippen LogP contribution < -0.4 is 4.90 Å². The van der Waals surface area contributed by atoms with Gasteiger partial charge in [-0.2, -0.15) is 0 Å². The Morgan fingerprint density at radius 1 is 1.32 bits per heavy atom. The van der Waals surface area contributed by atoms with E-state index in [1.165, 1.54) is 25.1 Å². The van der Waals surface area contributed by atoms with Gasteiger partial charge in [0.15, 0.2) is 0 Å². The molecule has 0 aliphatic carbocycles. The van der Waals surface area contributed by atoms with Crippen LogP contribution in [-0.4, -0.2) is 42.2 Å². The molecule has 0 saturated carbocycles. The van der Waals surface area contributed by atoms with E-state index in [0.29, 0.717) is 11.1 Å². The fourth-order valence-corrected chi connectivity index (χ4v) is 3.61. The molecule has 2 aliphatic heterocycles. The Labute approximate surface area is 119 Å². The first kappa shape index (κ1) is 13.2. The van der Waals surface area contributed by atoms with Crippen LogP contribution in [-0.2, 0) is 0 Å². The molecule has 0 radical (unpaired) electrons. The average Bonchev–Trinajstić information content (AvgIpc) is 2.85. The Kier molecular flexibility index (Phi) is 3.70. The summed E-state index contributed by atoms with van der Waals surface area (Å²) in [4.78, 5) is 5.02. The van der Waals surface area contributed by atoms with Crippen molar-refractivity contribution in [3.05, 3.63) is 28.8 Å². The molecule has 2 atom stereocenters. The number of hydrogen-bond donors (Lipinski definition) is 1. The summed E-state index contributed by atoms with van der Waals surface area (Å²) in [6.45, 7) is 6.34. The van der Waals surface area contributed by atoms with Gasteiger partial charge in [-0.1, -0.05) is 17.7 Å². The van der Waals surface area contributed by atoms with Crippen LogP contribution in [0.3, 0.4) is 0 Å². The van der Waals surface area contributed by atoms with Crippen LogP contribution in [0.2, 0.25) is 5.02 Å². The van der Waals surface area contributed by atoms with Crippen LogP contribution in [0.4, 0.5) is 5.69 Å². The van der Waals surface area contributed by atoms with Crippen LogP contribution in [0.1, 0.15) is 31.4 Å². The van der Waals surface area contributed by atoms with Gasteiger partial charge >= 0.3 is 0 Å². The van der Waals surface area contributed by atoms with E-state index in [1.807, 2.05) is 12.1 Å². The van der Waals surface area contributed by atoms with E-state index >= 15 is 0 Å². The Balaban J connectivity index is 1.77. The van der Waals surface area contributed by atoms with E-state index in [4.69, 9.17) is 11.6 Å². The van der Waals surface area contributed by atoms with E-state index in [9.17, 15) is 5.11 Å². The maximum atomic E-state index is 9.62. The summed E-state index contributed by atoms with van der Waals surface area (Å²) >= 11 is 6.26. The zero-order valence-electron chi connectivity index (χ0n) is 11.3. The van der Waals surface area contributed by atoms with Gasteiger partial charge in [-0.25, -0.2) is 0 Å². The van der Waals surface area contributed by atoms with Crippen LogP contribution in [0.5, 0.6) is 0 Å². The number of benzene rings is 1. The first-order valence-electron chi connectivity index (χ1n) is 7.11. The number of rotatable bonds is 2. The molecule has 0 bridgehead atoms. The van der Waals surface area contributed by atoms with Gasteiger partial charge < -0.3 is 10.0 Å². The molecule has 19 heavy (non-hydrogen) atoms. The average molecular weight is 281 g/mol. The number of aliphatic hydroxyl groups is 1. The van der Waals surface area contributed by atoms with E-state index in [1.54, 1.807) is 6.92 Å². The molecule has 3 nitrogen and oxygen atoms in total. The Morgan fingerprint density at radius 2 is 2.16 bits per heavy atom. The lowest BCUT2D eigenvalue weighted by Crippen LogP contribution is -2.50. The maximum Gasteiger partial charge on any atom is 0.0776 e. The molecule has 2 saturated heterocycles. The number of anilines is 1. The van der Waals surface area contributed by atoms with Gasteiger partial charge in [0, 0.05) is 36.4 Å². The fraction of sp³-hybridized carbons (Fsp3) is 0.600. The Hall–Kier alpha value is -0.770. The molecule has 1 aromatic rings. The van der Waals surface area contributed by atoms with Gasteiger partial charge in [0.2, 0.25) is 0 Å². The zero-order valence-corrected chi connectivity index (χ0v) is 12.1. The highest BCUT2D eigenvalue weighted by Gasteiger charge is 2.30. The van der Waals surface area contributed by atoms with Crippen molar-refractivity contribution in [3.63, 3.8) is 0 Å². The number of nitrogens with zero attached hydrogens (tertiary/aromatic N) is 2. The van der Waals surface area contributed by atoms with E-state index < -0.39 is 6.10 Å². The molecule has 1 aromatic carbocycles. The Morgan fingerprint density at radius 3 is 2.89 bits per heavy atom. The third-order valence-corrected chi connectivity index (χ3v) is 4.71. The monoisotopic (exact) mass is 280 g/mol. The highest BCUT2D eigenvalue weighted by molar-refractivity contribution is 6.31. The highest BCUT2D eigenvalue weighted by atomic mass is 35.5. The van der Waals surface area contributed by atoms with E-state index in [-0.39, 0.29) is 0 Å². The third-order valence-electron chi connectivity index (χ3n) is 4.39. The van der Waals surface area contributed by atoms with Gasteiger partial charge in [0.25, 0.3) is 0 Å². The highest BCUT2D eigenvalue weighted by Crippen LogP contribution is 2.30. The summed E-state index contributed by atoms with van der Waals surface area (Å²) in [5.41, 5.74) is 1.99. The minimum Gasteiger partial charge on any atom is -0.389 e. The number of halogens is 1. The van der Waals surface area contributed by atoms with Crippen LogP contribution in [0, 0.1) is 0 Å². The summed E-state index contributed by atoms with van der Waals surface area (Å²) in [6.07, 6.45) is 2.14. The first-order chi connectivity index (χ1) is 9.15. The smallest absolute Gasteiger partial charge is 0.0776 e. The van der Waals surface area contributed by atoms with E-state index in [0.717, 1.165) is 25.2 Å². The SMILES string of the molecule is CC(O)c1ccc(N2CCN3CCCC3C2)cc1Cl. The second kappa shape index (κ2) is 5.31. The quantitative estimate of drug-likeness (QED) is 0.902. The summed E-state index contributed by atoms with van der Waals surface area (Å²) in [7, 11) is 0. The normalized spacial score (nSPS) is 25.4. The predicted octanol–water partition coefficient (Wildman–Crippen LogP) is 2.68. The molecule has 0 amide bonds. The van der Waals surface area contributed by atoms with Gasteiger partial charge in [-0.15, -0.1) is 0 Å². The summed E-state index contributed by atoms with van der Waals surface area (Å²) < 4.78 is 0. The van der Waals surface area contributed by atoms with E-state index in [2.05, 4.69) is 15.9 Å². The molecular weight excluding hydrogens is 260 g/mol. The second-order valence-electron chi connectivity index (χ2n) is 5.66. The second-order valence-corrected chi connectivity index (χ2v) is 6.07. The first-order valence-corrected chi connectivity index (χ1v) is 7.49. The van der Waals surface area contributed by atoms with Gasteiger partial charge in [0.1, 0.15) is 0 Å². The van der Waals surface area contributed by atoms with Crippen LogP contribution in [0.25, 0.3) is 0 Å². The molecule has 1 N–H and O–H groups in total. The molecule has 4 heteroatoms. The molecule has 2 unspecified atom stereocenters. The fourth-order valence-electron chi connectivity index (χ4n) is 3.28. The predicted molar refractivity (Wildman–Crippen MR) is 78.9 cm³/mol. The molecule has 2 heterocycles. The van der Waals surface area contributed by atoms with Crippen molar-refractivity contribution < 1.29 is 5.11 Å². The van der Waals surface area contributed by atoms with Crippen molar-refractivity contribution in [1.82, 2.24) is 4.90 Å². The third kappa shape index (κ3) is 2.60. The minimum absolute atomic E-state index is 0.506. The Bertz CT molecular complexity index is 463. The lowest BCUT2D eigenvalue weighted by atomic mass is 10.1. The van der Waals surface area contributed by atoms with Crippen molar-refractivity contribution in [3.8, 4) is 0 Å². The molecule has 0 spiro atoms. The van der Waals surface area contributed by atoms with Gasteiger partial charge in [-0.3, -0.25) is 4.90 Å². The molecule has 0 aromatic heterocycles. The lowest BCUT2D eigenvalue weighted by molar-refractivity contribution is 0.199.